The van der Waals surface area contributed by atoms with E-state index in [2.05, 4.69) is 19.2 Å². The number of anilines is 1. The number of nitrogens with zero attached hydrogens (tertiary/aromatic N) is 2. The van der Waals surface area contributed by atoms with Crippen LogP contribution in [0, 0.1) is 13.8 Å². The summed E-state index contributed by atoms with van der Waals surface area (Å²) in [6.07, 6.45) is 0. The minimum atomic E-state index is -0.491. The van der Waals surface area contributed by atoms with Crippen molar-refractivity contribution >= 4 is 33.1 Å². The fourth-order valence-electron chi connectivity index (χ4n) is 3.81. The molecule has 6 nitrogen and oxygen atoms in total. The zero-order chi connectivity index (χ0) is 23.7. The number of aryl methyl sites for hydroxylation is 2. The number of aromatic nitrogens is 2. The monoisotopic (exact) mass is 461 g/mol. The van der Waals surface area contributed by atoms with Crippen molar-refractivity contribution in [2.75, 3.05) is 5.32 Å². The molecule has 0 aliphatic rings. The maximum atomic E-state index is 13.3. The third kappa shape index (κ3) is 4.68. The normalized spacial score (nSPS) is 11.3. The van der Waals surface area contributed by atoms with Crippen LogP contribution in [0.4, 0.5) is 5.69 Å². The number of fused-ring (bicyclic) bond motifs is 1. The molecule has 0 aliphatic heterocycles. The van der Waals surface area contributed by atoms with Crippen LogP contribution in [-0.2, 0) is 17.9 Å². The molecule has 0 spiro atoms. The number of nitrogens with one attached hydrogen (secondary N) is 1. The first-order chi connectivity index (χ1) is 15.7. The number of hydrogen-bond acceptors (Lipinski definition) is 4. The molecule has 0 atom stereocenters. The number of benzene rings is 2. The van der Waals surface area contributed by atoms with E-state index in [9.17, 15) is 14.4 Å². The molecular formula is C26H27N3O3S. The molecule has 0 fully saturated rings. The first-order valence-corrected chi connectivity index (χ1v) is 11.8. The van der Waals surface area contributed by atoms with Crippen molar-refractivity contribution in [1.29, 1.82) is 0 Å². The molecule has 1 N–H and O–H groups in total. The number of amides is 1. The summed E-state index contributed by atoms with van der Waals surface area (Å²) in [5, 5.41) is 4.62. The van der Waals surface area contributed by atoms with Crippen molar-refractivity contribution in [2.24, 2.45) is 0 Å². The third-order valence-corrected chi connectivity index (χ3v) is 6.80. The van der Waals surface area contributed by atoms with Crippen LogP contribution in [0.5, 0.6) is 0 Å². The first-order valence-electron chi connectivity index (χ1n) is 10.9. The molecule has 0 unspecified atom stereocenters. The quantitative estimate of drug-likeness (QED) is 0.454. The molecule has 0 saturated heterocycles. The van der Waals surface area contributed by atoms with Crippen LogP contribution in [0.15, 0.2) is 63.5 Å². The van der Waals surface area contributed by atoms with E-state index in [0.29, 0.717) is 21.8 Å². The smallest absolute Gasteiger partial charge is 0.325 e. The Morgan fingerprint density at radius 1 is 0.970 bits per heavy atom. The summed E-state index contributed by atoms with van der Waals surface area (Å²) in [7, 11) is 0. The first kappa shape index (κ1) is 22.7. The van der Waals surface area contributed by atoms with E-state index in [4.69, 9.17) is 0 Å². The fourth-order valence-corrected chi connectivity index (χ4v) is 4.65. The summed E-state index contributed by atoms with van der Waals surface area (Å²) in [6.45, 7) is 8.22. The summed E-state index contributed by atoms with van der Waals surface area (Å²) < 4.78 is 3.06. The lowest BCUT2D eigenvalue weighted by Crippen LogP contribution is -2.41. The van der Waals surface area contributed by atoms with Crippen molar-refractivity contribution in [3.63, 3.8) is 0 Å². The summed E-state index contributed by atoms with van der Waals surface area (Å²) >= 11 is 1.28. The molecule has 1 amide bonds. The van der Waals surface area contributed by atoms with E-state index in [1.165, 1.54) is 26.0 Å². The second-order valence-electron chi connectivity index (χ2n) is 8.64. The lowest BCUT2D eigenvalue weighted by atomic mass is 10.0. The molecule has 4 rings (SSSR count). The van der Waals surface area contributed by atoms with E-state index in [1.807, 2.05) is 56.3 Å². The van der Waals surface area contributed by atoms with Crippen LogP contribution >= 0.6 is 11.3 Å². The number of carbonyl (C=O) groups excluding carboxylic acids is 1. The number of thiophene rings is 1. The van der Waals surface area contributed by atoms with Crippen LogP contribution in [0.2, 0.25) is 0 Å². The molecule has 2 aromatic heterocycles. The Morgan fingerprint density at radius 2 is 1.70 bits per heavy atom. The Kier molecular flexibility index (Phi) is 6.33. The van der Waals surface area contributed by atoms with Crippen LogP contribution in [0.3, 0.4) is 0 Å². The topological polar surface area (TPSA) is 73.1 Å². The highest BCUT2D eigenvalue weighted by molar-refractivity contribution is 7.17. The Bertz CT molecular complexity index is 1440. The van der Waals surface area contributed by atoms with Gasteiger partial charge in [0.25, 0.3) is 5.56 Å². The van der Waals surface area contributed by atoms with Gasteiger partial charge in [-0.05, 0) is 65.6 Å². The minimum absolute atomic E-state index is 0.158. The molecule has 0 radical (unpaired) electrons. The van der Waals surface area contributed by atoms with Crippen molar-refractivity contribution < 1.29 is 4.79 Å². The number of rotatable bonds is 6. The van der Waals surface area contributed by atoms with E-state index in [0.717, 1.165) is 16.7 Å². The van der Waals surface area contributed by atoms with Gasteiger partial charge in [-0.2, -0.15) is 0 Å². The van der Waals surface area contributed by atoms with Crippen molar-refractivity contribution in [3.8, 4) is 0 Å². The van der Waals surface area contributed by atoms with Gasteiger partial charge in [0, 0.05) is 5.69 Å². The molecule has 7 heteroatoms. The predicted octanol–water partition coefficient (Wildman–Crippen LogP) is 4.65. The largest absolute Gasteiger partial charge is 0.332 e. The molecule has 0 aliphatic carbocycles. The molecular weight excluding hydrogens is 434 g/mol. The highest BCUT2D eigenvalue weighted by atomic mass is 32.1. The summed E-state index contributed by atoms with van der Waals surface area (Å²) in [6, 6.07) is 15.3. The Hall–Kier alpha value is -3.45. The van der Waals surface area contributed by atoms with Gasteiger partial charge >= 0.3 is 5.69 Å². The van der Waals surface area contributed by atoms with Crippen LogP contribution in [-0.4, -0.2) is 15.0 Å². The Labute approximate surface area is 196 Å². The molecule has 0 saturated carbocycles. The van der Waals surface area contributed by atoms with Crippen molar-refractivity contribution in [2.45, 2.75) is 46.7 Å². The van der Waals surface area contributed by atoms with Crippen molar-refractivity contribution in [3.05, 3.63) is 97.0 Å². The predicted molar refractivity (Wildman–Crippen MR) is 135 cm³/mol. The minimum Gasteiger partial charge on any atom is -0.325 e. The number of hydrogen-bond donors (Lipinski definition) is 1. The maximum absolute atomic E-state index is 13.3. The molecule has 2 aromatic carbocycles. The zero-order valence-electron chi connectivity index (χ0n) is 19.2. The van der Waals surface area contributed by atoms with Gasteiger partial charge in [-0.3, -0.25) is 18.7 Å². The van der Waals surface area contributed by atoms with Crippen LogP contribution in [0.1, 0.15) is 42.0 Å². The lowest BCUT2D eigenvalue weighted by Gasteiger charge is -2.13. The third-order valence-electron chi connectivity index (χ3n) is 5.91. The standard InChI is InChI=1S/C26H27N3O3S/c1-16(2)20-7-9-21(10-8-20)27-23(30)15-28-22-11-12-33-24(22)25(31)29(26(28)32)14-19-6-5-17(3)18(4)13-19/h5-13,16H,14-15H2,1-4H3,(H,27,30). The van der Waals surface area contributed by atoms with Gasteiger partial charge in [0.1, 0.15) is 11.2 Å². The van der Waals surface area contributed by atoms with E-state index < -0.39 is 5.69 Å². The zero-order valence-corrected chi connectivity index (χ0v) is 20.0. The summed E-state index contributed by atoms with van der Waals surface area (Å²) in [4.78, 5) is 39.2. The Morgan fingerprint density at radius 3 is 2.36 bits per heavy atom. The molecule has 33 heavy (non-hydrogen) atoms. The molecule has 2 heterocycles. The summed E-state index contributed by atoms with van der Waals surface area (Å²) in [5.74, 6) is 0.0804. The van der Waals surface area contributed by atoms with Gasteiger partial charge in [0.15, 0.2) is 0 Å². The average molecular weight is 462 g/mol. The highest BCUT2D eigenvalue weighted by Crippen LogP contribution is 2.18. The van der Waals surface area contributed by atoms with E-state index in [1.54, 1.807) is 11.4 Å². The summed E-state index contributed by atoms with van der Waals surface area (Å²) in [5.41, 5.74) is 4.63. The van der Waals surface area contributed by atoms with Gasteiger partial charge in [-0.15, -0.1) is 11.3 Å². The molecule has 0 bridgehead atoms. The second-order valence-corrected chi connectivity index (χ2v) is 9.55. The SMILES string of the molecule is Cc1ccc(Cn2c(=O)c3sccc3n(CC(=O)Nc3ccc(C(C)C)cc3)c2=O)cc1C. The van der Waals surface area contributed by atoms with E-state index >= 15 is 0 Å². The number of carbonyl (C=O) groups is 1. The Balaban J connectivity index is 1.66. The lowest BCUT2D eigenvalue weighted by molar-refractivity contribution is -0.116. The van der Waals surface area contributed by atoms with Crippen LogP contribution in [0.25, 0.3) is 10.2 Å². The van der Waals surface area contributed by atoms with Gasteiger partial charge in [0.2, 0.25) is 5.91 Å². The van der Waals surface area contributed by atoms with Crippen molar-refractivity contribution in [1.82, 2.24) is 9.13 Å². The van der Waals surface area contributed by atoms with Gasteiger partial charge in [0.05, 0.1) is 12.1 Å². The second kappa shape index (κ2) is 9.19. The highest BCUT2D eigenvalue weighted by Gasteiger charge is 2.17. The molecule has 170 valence electrons. The van der Waals surface area contributed by atoms with Gasteiger partial charge < -0.3 is 5.32 Å². The average Bonchev–Trinajstić information content (AvgIpc) is 3.27. The fraction of sp³-hybridized carbons (Fsp3) is 0.269. The van der Waals surface area contributed by atoms with E-state index in [-0.39, 0.29) is 24.6 Å². The van der Waals surface area contributed by atoms with Crippen LogP contribution < -0.4 is 16.6 Å². The maximum Gasteiger partial charge on any atom is 0.332 e. The van der Waals surface area contributed by atoms with Gasteiger partial charge in [-0.25, -0.2) is 4.79 Å². The van der Waals surface area contributed by atoms with Gasteiger partial charge in [-0.1, -0.05) is 44.2 Å². The molecule has 4 aromatic rings.